The Kier molecular flexibility index (Phi) is 0.455. The Hall–Kier alpha value is -0.820. The molecule has 0 atom stereocenters. The van der Waals surface area contributed by atoms with Gasteiger partial charge in [0.2, 0.25) is 0 Å². The summed E-state index contributed by atoms with van der Waals surface area (Å²) in [5.74, 6) is 0. The van der Waals surface area contributed by atoms with Crippen molar-refractivity contribution in [2.75, 3.05) is 0 Å². The lowest BCUT2D eigenvalue weighted by atomic mass is 10.2. The fourth-order valence-corrected chi connectivity index (χ4v) is 0.459. The average Bonchev–Trinajstić information content (AvgIpc) is 1.78. The summed E-state index contributed by atoms with van der Waals surface area (Å²) < 4.78 is 36.0. The van der Waals surface area contributed by atoms with Crippen LogP contribution in [-0.4, -0.2) is 0 Å². The molecule has 0 unspecified atom stereocenters. The molecule has 1 heteroatoms. The van der Waals surface area contributed by atoms with Gasteiger partial charge in [-0.3, -0.25) is 0 Å². The van der Waals surface area contributed by atoms with Gasteiger partial charge in [0.25, 0.3) is 0 Å². The molecule has 0 aliphatic rings. The smallest absolute Gasteiger partial charge is 0.325 e. The highest BCUT2D eigenvalue weighted by Gasteiger charge is 1.89. The molecule has 0 spiro atoms. The van der Waals surface area contributed by atoms with E-state index in [0.717, 1.165) is 0 Å². The van der Waals surface area contributed by atoms with Gasteiger partial charge in [-0.15, -0.1) is 0 Å². The second-order valence-electron chi connectivity index (χ2n) is 1.63. The molecule has 0 amide bonds. The van der Waals surface area contributed by atoms with E-state index in [4.69, 9.17) is 6.98 Å². The molecule has 0 heterocycles. The first-order valence-electron chi connectivity index (χ1n) is 4.72. The van der Waals surface area contributed by atoms with Gasteiger partial charge in [0.1, 0.15) is 5.69 Å². The summed E-state index contributed by atoms with van der Waals surface area (Å²) in [6.45, 7) is 1.59. The fraction of sp³-hybridized carbons (Fsp3) is 0.143. The van der Waals surface area contributed by atoms with Crippen LogP contribution < -0.4 is 5.71 Å². The number of benzene rings is 1. The van der Waals surface area contributed by atoms with Gasteiger partial charge in [-0.2, -0.15) is 0 Å². The predicted octanol–water partition coefficient (Wildman–Crippen LogP) is 0.868. The summed E-state index contributed by atoms with van der Waals surface area (Å²) in [6.07, 6.45) is 0. The monoisotopic (exact) mass is 113 g/mol. The van der Waals surface area contributed by atoms with Crippen LogP contribution in [-0.2, 0) is 0 Å². The van der Waals surface area contributed by atoms with Crippen molar-refractivity contribution in [2.24, 2.45) is 0 Å². The van der Waals surface area contributed by atoms with E-state index in [-0.39, 0.29) is 17.8 Å². The maximum absolute atomic E-state index is 7.41. The van der Waals surface area contributed by atoms with Crippen LogP contribution in [0.5, 0.6) is 0 Å². The van der Waals surface area contributed by atoms with Crippen molar-refractivity contribution >= 4 is 5.69 Å². The Balaban J connectivity index is 3.38. The number of hydrogen-bond donors (Lipinski definition) is 1. The Bertz CT molecular complexity index is 307. The summed E-state index contributed by atoms with van der Waals surface area (Å²) in [6, 6.07) is 2.73. The third kappa shape index (κ3) is 0.873. The van der Waals surface area contributed by atoms with Crippen LogP contribution in [0.4, 0.5) is 5.69 Å². The van der Waals surface area contributed by atoms with Crippen LogP contribution in [0.15, 0.2) is 24.2 Å². The van der Waals surface area contributed by atoms with E-state index in [2.05, 4.69) is 0 Å². The van der Waals surface area contributed by atoms with Gasteiger partial charge in [-0.1, -0.05) is 18.2 Å². The molecule has 3 N–H and O–H groups in total. The molecule has 1 rings (SSSR count). The Labute approximate surface area is 56.3 Å². The molecular weight excluding hydrogens is 98.1 g/mol. The number of rotatable bonds is 1. The van der Waals surface area contributed by atoms with Crippen LogP contribution in [0.25, 0.3) is 0 Å². The van der Waals surface area contributed by atoms with Crippen molar-refractivity contribution in [1.82, 2.24) is 0 Å². The fourth-order valence-electron chi connectivity index (χ4n) is 0.459. The Morgan fingerprint density at radius 1 is 1.88 bits per heavy atom. The van der Waals surface area contributed by atoms with Crippen molar-refractivity contribution < 1.29 is 12.7 Å². The second kappa shape index (κ2) is 1.97. The second-order valence-corrected chi connectivity index (χ2v) is 1.63. The molecule has 8 heavy (non-hydrogen) atoms. The first-order chi connectivity index (χ1) is 5.82. The number of aryl methyl sites for hydroxylation is 1. The predicted molar refractivity (Wildman–Crippen MR) is 33.7 cm³/mol. The van der Waals surface area contributed by atoms with E-state index in [1.165, 1.54) is 12.1 Å². The van der Waals surface area contributed by atoms with Crippen LogP contribution in [0.2, 0.25) is 4.24 Å². The SMILES string of the molecule is [2H]c1cc([2H])c([N+]([2H])([2H])[2H])c(C)c1. The Morgan fingerprint density at radius 2 is 2.75 bits per heavy atom. The van der Waals surface area contributed by atoms with Crippen LogP contribution in [0, 0.1) is 6.92 Å². The zero-order valence-electron chi connectivity index (χ0n) is 9.60. The minimum atomic E-state index is -1.62. The van der Waals surface area contributed by atoms with Crippen molar-refractivity contribution in [1.29, 1.82) is 0 Å². The minimum Gasteiger partial charge on any atom is -0.325 e. The van der Waals surface area contributed by atoms with Crippen LogP contribution >= 0.6 is 0 Å². The Morgan fingerprint density at radius 3 is 3.38 bits per heavy atom. The molecule has 0 fully saturated rings. The van der Waals surface area contributed by atoms with Crippen molar-refractivity contribution in [3.63, 3.8) is 0 Å². The molecule has 1 aromatic rings. The van der Waals surface area contributed by atoms with Crippen molar-refractivity contribution in [2.45, 2.75) is 6.92 Å². The van der Waals surface area contributed by atoms with E-state index in [1.807, 2.05) is 0 Å². The quantitative estimate of drug-likeness (QED) is 0.559. The zero-order valence-corrected chi connectivity index (χ0v) is 4.60. The van der Waals surface area contributed by atoms with Gasteiger partial charge in [0, 0.05) is 5.56 Å². The maximum Gasteiger partial charge on any atom is 0.350 e. The highest BCUT2D eigenvalue weighted by Crippen LogP contribution is 2.04. The van der Waals surface area contributed by atoms with E-state index < -0.39 is 5.71 Å². The minimum absolute atomic E-state index is 0.0176. The maximum atomic E-state index is 7.41. The highest BCUT2D eigenvalue weighted by molar-refractivity contribution is 5.36. The first kappa shape index (κ1) is 1.85. The summed E-state index contributed by atoms with van der Waals surface area (Å²) in [5, 5.41) is 0. The van der Waals surface area contributed by atoms with Gasteiger partial charge in [-0.05, 0) is 13.0 Å². The third-order valence-electron chi connectivity index (χ3n) is 0.966. The highest BCUT2D eigenvalue weighted by atomic mass is 14.5. The molecule has 1 nitrogen and oxygen atoms in total. The van der Waals surface area contributed by atoms with Gasteiger partial charge in [0.15, 0.2) is 0 Å². The number of hydrogen-bond acceptors (Lipinski definition) is 0. The molecule has 0 bridgehead atoms. The van der Waals surface area contributed by atoms with E-state index in [0.29, 0.717) is 5.56 Å². The van der Waals surface area contributed by atoms with Crippen LogP contribution in [0.1, 0.15) is 8.30 Å². The summed E-state index contributed by atoms with van der Waals surface area (Å²) in [5.41, 5.74) is -1.18. The molecule has 0 aliphatic carbocycles. The molecule has 42 valence electrons. The summed E-state index contributed by atoms with van der Waals surface area (Å²) >= 11 is 0. The summed E-state index contributed by atoms with van der Waals surface area (Å²) in [7, 11) is 0. The first-order valence-corrected chi connectivity index (χ1v) is 2.38. The largest absolute Gasteiger partial charge is 0.350 e. The van der Waals surface area contributed by atoms with Gasteiger partial charge < -0.3 is 5.71 Å². The average molecular weight is 113 g/mol. The van der Waals surface area contributed by atoms with Gasteiger partial charge in [-0.25, -0.2) is 0 Å². The zero-order chi connectivity index (χ0) is 10.2. The standard InChI is InChI=1S/C7H9N/c1-6-4-2-3-5-7(6)8/h2-5H,8H2,1H3/p+1/i2D,5D/hD3. The molecule has 0 saturated carbocycles. The molecule has 0 radical (unpaired) electrons. The summed E-state index contributed by atoms with van der Waals surface area (Å²) in [4.78, 5) is 0. The molecular formula is C7H10N+. The van der Waals surface area contributed by atoms with Crippen molar-refractivity contribution in [3.8, 4) is 0 Å². The van der Waals surface area contributed by atoms with E-state index in [9.17, 15) is 0 Å². The normalized spacial score (nSPS) is 19.9. The molecule has 0 aliphatic heterocycles. The van der Waals surface area contributed by atoms with Crippen molar-refractivity contribution in [3.05, 3.63) is 29.8 Å². The molecule has 1 aromatic carbocycles. The van der Waals surface area contributed by atoms with E-state index >= 15 is 0 Å². The lowest BCUT2D eigenvalue weighted by Crippen LogP contribution is -2.40. The lowest BCUT2D eigenvalue weighted by Gasteiger charge is -1.89. The van der Waals surface area contributed by atoms with Gasteiger partial charge in [0.05, 0.1) is 2.74 Å². The molecule has 0 saturated heterocycles. The van der Waals surface area contributed by atoms with Crippen LogP contribution in [0.3, 0.4) is 0 Å². The lowest BCUT2D eigenvalue weighted by molar-refractivity contribution is -0.255. The molecule has 0 aromatic heterocycles. The topological polar surface area (TPSA) is 27.6 Å². The third-order valence-corrected chi connectivity index (χ3v) is 0.966. The van der Waals surface area contributed by atoms with Gasteiger partial charge >= 0.3 is 4.24 Å². The number of quaternary nitrogens is 1. The van der Waals surface area contributed by atoms with E-state index in [1.54, 1.807) is 6.92 Å².